The topological polar surface area (TPSA) is 69.6 Å². The highest BCUT2D eigenvalue weighted by Gasteiger charge is 2.40. The minimum atomic E-state index is -0.929. The monoisotopic (exact) mass is 266 g/mol. The maximum absolute atomic E-state index is 12.1. The average molecular weight is 266 g/mol. The number of carbonyl (C=O) groups is 2. The van der Waals surface area contributed by atoms with Crippen LogP contribution in [0, 0.1) is 17.8 Å². The van der Waals surface area contributed by atoms with Crippen LogP contribution in [0.1, 0.15) is 38.5 Å². The number of carboxylic acids is 1. The molecule has 0 aliphatic heterocycles. The molecule has 0 aromatic rings. The van der Waals surface area contributed by atoms with Gasteiger partial charge in [-0.05, 0) is 49.9 Å². The van der Waals surface area contributed by atoms with Gasteiger partial charge in [0, 0.05) is 12.6 Å². The quantitative estimate of drug-likeness (QED) is 0.795. The highest BCUT2D eigenvalue weighted by atomic mass is 16.4. The summed E-state index contributed by atoms with van der Waals surface area (Å²) in [5.74, 6) is 1.36. The van der Waals surface area contributed by atoms with E-state index in [4.69, 9.17) is 5.11 Å². The molecule has 0 heterocycles. The van der Waals surface area contributed by atoms with Crippen molar-refractivity contribution < 1.29 is 14.7 Å². The number of nitrogens with zero attached hydrogens (tertiary/aromatic N) is 1. The van der Waals surface area contributed by atoms with Crippen LogP contribution in [0.15, 0.2) is 0 Å². The predicted octanol–water partition coefficient (Wildman–Crippen LogP) is 1.68. The number of aliphatic carboxylic acids is 1. The van der Waals surface area contributed by atoms with E-state index in [2.05, 4.69) is 5.32 Å². The lowest BCUT2D eigenvalue weighted by atomic mass is 9.89. The molecular formula is C14H22N2O3. The number of amides is 2. The van der Waals surface area contributed by atoms with Crippen molar-refractivity contribution in [2.45, 2.75) is 44.6 Å². The van der Waals surface area contributed by atoms with E-state index in [-0.39, 0.29) is 18.6 Å². The number of fused-ring (bicyclic) bond motifs is 2. The van der Waals surface area contributed by atoms with Crippen molar-refractivity contribution in [3.8, 4) is 0 Å². The molecular weight excluding hydrogens is 244 g/mol. The number of hydrogen-bond donors (Lipinski definition) is 2. The normalized spacial score (nSPS) is 32.3. The second-order valence-electron chi connectivity index (χ2n) is 6.37. The molecule has 3 atom stereocenters. The first-order valence-electron chi connectivity index (χ1n) is 7.39. The minimum absolute atomic E-state index is 0.149. The van der Waals surface area contributed by atoms with Crippen LogP contribution in [0.25, 0.3) is 0 Å². The molecule has 3 rings (SSSR count). The molecule has 19 heavy (non-hydrogen) atoms. The standard InChI is InChI=1S/C14H22N2O3/c17-13(18)8-16(12-3-4-12)14(19)15-7-11-6-9-1-2-10(11)5-9/h9-12H,1-8H2,(H,15,19)(H,17,18). The number of urea groups is 1. The van der Waals surface area contributed by atoms with Crippen LogP contribution in [-0.4, -0.2) is 41.1 Å². The van der Waals surface area contributed by atoms with E-state index in [0.29, 0.717) is 5.92 Å². The maximum atomic E-state index is 12.1. The lowest BCUT2D eigenvalue weighted by Crippen LogP contribution is -2.45. The Morgan fingerprint density at radius 3 is 2.47 bits per heavy atom. The van der Waals surface area contributed by atoms with Crippen molar-refractivity contribution in [2.24, 2.45) is 17.8 Å². The Hall–Kier alpha value is -1.26. The summed E-state index contributed by atoms with van der Waals surface area (Å²) in [6.45, 7) is 0.552. The van der Waals surface area contributed by atoms with Crippen LogP contribution in [0.2, 0.25) is 0 Å². The summed E-state index contributed by atoms with van der Waals surface area (Å²) < 4.78 is 0. The van der Waals surface area contributed by atoms with Crippen LogP contribution in [-0.2, 0) is 4.79 Å². The van der Waals surface area contributed by atoms with Crippen molar-refractivity contribution in [1.29, 1.82) is 0 Å². The molecule has 2 amide bonds. The Balaban J connectivity index is 1.48. The van der Waals surface area contributed by atoms with E-state index in [9.17, 15) is 9.59 Å². The molecule has 2 bridgehead atoms. The van der Waals surface area contributed by atoms with Gasteiger partial charge in [-0.15, -0.1) is 0 Å². The van der Waals surface area contributed by atoms with Crippen molar-refractivity contribution in [2.75, 3.05) is 13.1 Å². The van der Waals surface area contributed by atoms with Crippen LogP contribution >= 0.6 is 0 Å². The smallest absolute Gasteiger partial charge is 0.323 e. The molecule has 3 aliphatic carbocycles. The zero-order valence-corrected chi connectivity index (χ0v) is 11.2. The maximum Gasteiger partial charge on any atom is 0.323 e. The van der Waals surface area contributed by atoms with Crippen molar-refractivity contribution in [3.05, 3.63) is 0 Å². The second-order valence-corrected chi connectivity index (χ2v) is 6.37. The Morgan fingerprint density at radius 2 is 1.95 bits per heavy atom. The predicted molar refractivity (Wildman–Crippen MR) is 69.7 cm³/mol. The van der Waals surface area contributed by atoms with E-state index < -0.39 is 5.97 Å². The average Bonchev–Trinajstić information content (AvgIpc) is 3.00. The molecule has 3 saturated carbocycles. The van der Waals surface area contributed by atoms with E-state index in [0.717, 1.165) is 31.2 Å². The summed E-state index contributed by atoms with van der Waals surface area (Å²) in [5, 5.41) is 11.8. The van der Waals surface area contributed by atoms with E-state index in [1.165, 1.54) is 30.6 Å². The zero-order valence-electron chi connectivity index (χ0n) is 11.2. The van der Waals surface area contributed by atoms with Crippen molar-refractivity contribution in [1.82, 2.24) is 10.2 Å². The zero-order chi connectivity index (χ0) is 13.4. The first-order chi connectivity index (χ1) is 9.13. The summed E-state index contributed by atoms with van der Waals surface area (Å²) in [6.07, 6.45) is 7.13. The molecule has 0 radical (unpaired) electrons. The fourth-order valence-corrected chi connectivity index (χ4v) is 3.85. The van der Waals surface area contributed by atoms with Gasteiger partial charge in [-0.3, -0.25) is 4.79 Å². The van der Waals surface area contributed by atoms with E-state index >= 15 is 0 Å². The summed E-state index contributed by atoms with van der Waals surface area (Å²) in [4.78, 5) is 24.3. The highest BCUT2D eigenvalue weighted by molar-refractivity contribution is 5.80. The van der Waals surface area contributed by atoms with Crippen molar-refractivity contribution >= 4 is 12.0 Å². The van der Waals surface area contributed by atoms with Crippen LogP contribution in [0.3, 0.4) is 0 Å². The van der Waals surface area contributed by atoms with Gasteiger partial charge in [0.1, 0.15) is 6.54 Å². The van der Waals surface area contributed by atoms with E-state index in [1.54, 1.807) is 0 Å². The summed E-state index contributed by atoms with van der Waals surface area (Å²) in [6, 6.07) is -0.0381. The summed E-state index contributed by atoms with van der Waals surface area (Å²) in [5.41, 5.74) is 0. The number of hydrogen-bond acceptors (Lipinski definition) is 2. The van der Waals surface area contributed by atoms with Gasteiger partial charge in [0.2, 0.25) is 0 Å². The van der Waals surface area contributed by atoms with Gasteiger partial charge in [-0.1, -0.05) is 6.42 Å². The molecule has 3 aliphatic rings. The van der Waals surface area contributed by atoms with Gasteiger partial charge in [0.05, 0.1) is 0 Å². The van der Waals surface area contributed by atoms with Gasteiger partial charge in [0.15, 0.2) is 0 Å². The Morgan fingerprint density at radius 1 is 1.16 bits per heavy atom. The Bertz CT molecular complexity index is 381. The number of nitrogens with one attached hydrogen (secondary N) is 1. The van der Waals surface area contributed by atoms with Gasteiger partial charge in [0.25, 0.3) is 0 Å². The third-order valence-corrected chi connectivity index (χ3v) is 4.95. The van der Waals surface area contributed by atoms with Gasteiger partial charge >= 0.3 is 12.0 Å². The molecule has 5 nitrogen and oxygen atoms in total. The molecule has 5 heteroatoms. The second kappa shape index (κ2) is 5.02. The molecule has 3 unspecified atom stereocenters. The molecule has 106 valence electrons. The molecule has 0 saturated heterocycles. The third kappa shape index (κ3) is 2.85. The van der Waals surface area contributed by atoms with Crippen LogP contribution < -0.4 is 5.32 Å². The molecule has 0 aromatic heterocycles. The molecule has 3 fully saturated rings. The summed E-state index contributed by atoms with van der Waals surface area (Å²) in [7, 11) is 0. The lowest BCUT2D eigenvalue weighted by molar-refractivity contribution is -0.137. The third-order valence-electron chi connectivity index (χ3n) is 4.95. The minimum Gasteiger partial charge on any atom is -0.480 e. The van der Waals surface area contributed by atoms with Crippen molar-refractivity contribution in [3.63, 3.8) is 0 Å². The number of rotatable bonds is 5. The molecule has 0 spiro atoms. The molecule has 2 N–H and O–H groups in total. The fourth-order valence-electron chi connectivity index (χ4n) is 3.85. The molecule has 0 aromatic carbocycles. The van der Waals surface area contributed by atoms with Crippen LogP contribution in [0.4, 0.5) is 4.79 Å². The Labute approximate surface area is 113 Å². The highest BCUT2D eigenvalue weighted by Crippen LogP contribution is 2.47. The Kier molecular flexibility index (Phi) is 3.37. The van der Waals surface area contributed by atoms with Gasteiger partial charge in [-0.2, -0.15) is 0 Å². The largest absolute Gasteiger partial charge is 0.480 e. The first kappa shape index (κ1) is 12.8. The number of carbonyl (C=O) groups excluding carboxylic acids is 1. The SMILES string of the molecule is O=C(O)CN(C(=O)NCC1CC2CCC1C2)C1CC1. The summed E-state index contributed by atoms with van der Waals surface area (Å²) >= 11 is 0. The van der Waals surface area contributed by atoms with E-state index in [1.807, 2.05) is 0 Å². The van der Waals surface area contributed by atoms with Crippen LogP contribution in [0.5, 0.6) is 0 Å². The van der Waals surface area contributed by atoms with Gasteiger partial charge < -0.3 is 15.3 Å². The fraction of sp³-hybridized carbons (Fsp3) is 0.857. The first-order valence-corrected chi connectivity index (χ1v) is 7.39. The van der Waals surface area contributed by atoms with Gasteiger partial charge in [-0.25, -0.2) is 4.79 Å². The lowest BCUT2D eigenvalue weighted by Gasteiger charge is -2.25. The number of carboxylic acid groups (broad SMARTS) is 1.